The highest BCUT2D eigenvalue weighted by molar-refractivity contribution is 5.78. The van der Waals surface area contributed by atoms with Crippen LogP contribution in [0.3, 0.4) is 0 Å². The molecule has 1 aliphatic carbocycles. The lowest BCUT2D eigenvalue weighted by Crippen LogP contribution is -2.35. The van der Waals surface area contributed by atoms with Gasteiger partial charge in [0.2, 0.25) is 0 Å². The van der Waals surface area contributed by atoms with Crippen molar-refractivity contribution >= 4 is 5.96 Å². The highest BCUT2D eigenvalue weighted by Gasteiger charge is 2.34. The average Bonchev–Trinajstić information content (AvgIpc) is 3.27. The third kappa shape index (κ3) is 3.80. The van der Waals surface area contributed by atoms with Crippen LogP contribution < -0.4 is 10.5 Å². The summed E-state index contributed by atoms with van der Waals surface area (Å²) in [5.41, 5.74) is 5.13. The van der Waals surface area contributed by atoms with Crippen molar-refractivity contribution in [3.8, 4) is 5.75 Å². The fraction of sp³-hybridized carbons (Fsp3) is 0.500. The van der Waals surface area contributed by atoms with Crippen LogP contribution in [0.2, 0.25) is 0 Å². The summed E-state index contributed by atoms with van der Waals surface area (Å²) in [7, 11) is 3.13. The maximum absolute atomic E-state index is 13.0. The molecule has 0 radical (unpaired) electrons. The van der Waals surface area contributed by atoms with Crippen LogP contribution >= 0.6 is 0 Å². The Morgan fingerprint density at radius 3 is 2.62 bits per heavy atom. The number of guanidine groups is 1. The number of aliphatic imine (C=N–C) groups is 1. The van der Waals surface area contributed by atoms with E-state index in [1.807, 2.05) is 0 Å². The Morgan fingerprint density at radius 1 is 1.43 bits per heavy atom. The summed E-state index contributed by atoms with van der Waals surface area (Å²) < 4.78 is 44.0. The molecule has 1 fully saturated rings. The van der Waals surface area contributed by atoms with Gasteiger partial charge in [-0.2, -0.15) is 13.2 Å². The molecule has 2 rings (SSSR count). The van der Waals surface area contributed by atoms with Crippen LogP contribution in [0.1, 0.15) is 24.0 Å². The first-order valence-corrected chi connectivity index (χ1v) is 6.59. The zero-order valence-electron chi connectivity index (χ0n) is 11.9. The molecular weight excluding hydrogens is 283 g/mol. The van der Waals surface area contributed by atoms with E-state index in [4.69, 9.17) is 10.5 Å². The molecule has 116 valence electrons. The standard InChI is InChI=1S/C14H18F3N3O/c1-20(10-4-5-10)13(18)19-8-9-3-6-11(21-2)7-12(9)14(15,16)17/h3,6-7,10H,4-5,8H2,1-2H3,(H2,18,19). The van der Waals surface area contributed by atoms with E-state index < -0.39 is 11.7 Å². The van der Waals surface area contributed by atoms with Gasteiger partial charge in [0.15, 0.2) is 5.96 Å². The minimum Gasteiger partial charge on any atom is -0.497 e. The molecule has 2 N–H and O–H groups in total. The van der Waals surface area contributed by atoms with Crippen molar-refractivity contribution in [3.05, 3.63) is 29.3 Å². The van der Waals surface area contributed by atoms with Crippen LogP contribution in [0.25, 0.3) is 0 Å². The van der Waals surface area contributed by atoms with Gasteiger partial charge in [-0.3, -0.25) is 0 Å². The van der Waals surface area contributed by atoms with Gasteiger partial charge in [-0.15, -0.1) is 0 Å². The number of ether oxygens (including phenoxy) is 1. The Morgan fingerprint density at radius 2 is 2.10 bits per heavy atom. The van der Waals surface area contributed by atoms with Crippen molar-refractivity contribution in [3.63, 3.8) is 0 Å². The van der Waals surface area contributed by atoms with Crippen LogP contribution in [0.15, 0.2) is 23.2 Å². The van der Waals surface area contributed by atoms with Crippen LogP contribution in [-0.4, -0.2) is 31.1 Å². The summed E-state index contributed by atoms with van der Waals surface area (Å²) in [6, 6.07) is 4.20. The minimum atomic E-state index is -4.45. The Hall–Kier alpha value is -1.92. The van der Waals surface area contributed by atoms with E-state index in [-0.39, 0.29) is 23.8 Å². The van der Waals surface area contributed by atoms with Gasteiger partial charge in [0.05, 0.1) is 19.2 Å². The summed E-state index contributed by atoms with van der Waals surface area (Å²) in [4.78, 5) is 5.87. The Kier molecular flexibility index (Phi) is 4.29. The molecule has 1 aromatic rings. The fourth-order valence-corrected chi connectivity index (χ4v) is 2.01. The number of halogens is 3. The van der Waals surface area contributed by atoms with Crippen LogP contribution in [0, 0.1) is 0 Å². The van der Waals surface area contributed by atoms with E-state index in [0.29, 0.717) is 6.04 Å². The minimum absolute atomic E-state index is 0.0791. The second-order valence-corrected chi connectivity index (χ2v) is 5.04. The monoisotopic (exact) mass is 301 g/mol. The van der Waals surface area contributed by atoms with E-state index in [0.717, 1.165) is 18.9 Å². The van der Waals surface area contributed by atoms with Gasteiger partial charge < -0.3 is 15.4 Å². The van der Waals surface area contributed by atoms with Crippen molar-refractivity contribution in [2.24, 2.45) is 10.7 Å². The second-order valence-electron chi connectivity index (χ2n) is 5.04. The van der Waals surface area contributed by atoms with E-state index in [1.165, 1.54) is 19.2 Å². The van der Waals surface area contributed by atoms with Gasteiger partial charge in [0, 0.05) is 13.1 Å². The van der Waals surface area contributed by atoms with Crippen LogP contribution in [-0.2, 0) is 12.7 Å². The molecule has 1 aromatic carbocycles. The number of methoxy groups -OCH3 is 1. The molecular formula is C14H18F3N3O. The first kappa shape index (κ1) is 15.5. The summed E-state index contributed by atoms with van der Waals surface area (Å²) >= 11 is 0. The van der Waals surface area contributed by atoms with E-state index in [2.05, 4.69) is 4.99 Å². The highest BCUT2D eigenvalue weighted by atomic mass is 19.4. The van der Waals surface area contributed by atoms with Gasteiger partial charge in [-0.1, -0.05) is 6.07 Å². The van der Waals surface area contributed by atoms with Gasteiger partial charge in [0.1, 0.15) is 5.75 Å². The number of alkyl halides is 3. The third-order valence-electron chi connectivity index (χ3n) is 3.49. The molecule has 0 unspecified atom stereocenters. The van der Waals surface area contributed by atoms with Crippen molar-refractivity contribution in [2.45, 2.75) is 31.6 Å². The first-order valence-electron chi connectivity index (χ1n) is 6.59. The average molecular weight is 301 g/mol. The molecule has 0 heterocycles. The van der Waals surface area contributed by atoms with Crippen molar-refractivity contribution in [1.29, 1.82) is 0 Å². The van der Waals surface area contributed by atoms with Gasteiger partial charge >= 0.3 is 6.18 Å². The largest absolute Gasteiger partial charge is 0.497 e. The molecule has 1 aliphatic rings. The molecule has 1 saturated carbocycles. The SMILES string of the molecule is COc1ccc(CN=C(N)N(C)C2CC2)c(C(F)(F)F)c1. The Bertz CT molecular complexity index is 539. The van der Waals surface area contributed by atoms with E-state index in [9.17, 15) is 13.2 Å². The zero-order chi connectivity index (χ0) is 15.6. The number of benzene rings is 1. The summed E-state index contributed by atoms with van der Waals surface area (Å²) in [5, 5.41) is 0. The highest BCUT2D eigenvalue weighted by Crippen LogP contribution is 2.34. The summed E-state index contributed by atoms with van der Waals surface area (Å²) in [6.07, 6.45) is -2.36. The molecule has 0 spiro atoms. The predicted molar refractivity (Wildman–Crippen MR) is 74.1 cm³/mol. The topological polar surface area (TPSA) is 50.9 Å². The quantitative estimate of drug-likeness (QED) is 0.687. The molecule has 4 nitrogen and oxygen atoms in total. The molecule has 0 aliphatic heterocycles. The van der Waals surface area contributed by atoms with Gasteiger partial charge in [0.25, 0.3) is 0 Å². The predicted octanol–water partition coefficient (Wildman–Crippen LogP) is 2.62. The van der Waals surface area contributed by atoms with E-state index >= 15 is 0 Å². The number of rotatable bonds is 4. The summed E-state index contributed by atoms with van der Waals surface area (Å²) in [6.45, 7) is -0.109. The van der Waals surface area contributed by atoms with Crippen LogP contribution in [0.5, 0.6) is 5.75 Å². The first-order chi connectivity index (χ1) is 9.82. The fourth-order valence-electron chi connectivity index (χ4n) is 2.01. The van der Waals surface area contributed by atoms with Crippen molar-refractivity contribution in [2.75, 3.05) is 14.2 Å². The summed E-state index contributed by atoms with van der Waals surface area (Å²) in [5.74, 6) is 0.430. The van der Waals surface area contributed by atoms with Gasteiger partial charge in [-0.05, 0) is 30.5 Å². The molecule has 0 saturated heterocycles. The number of hydrogen-bond donors (Lipinski definition) is 1. The molecule has 0 bridgehead atoms. The molecule has 0 aromatic heterocycles. The van der Waals surface area contributed by atoms with Crippen molar-refractivity contribution < 1.29 is 17.9 Å². The number of nitrogens with zero attached hydrogens (tertiary/aromatic N) is 2. The van der Waals surface area contributed by atoms with Gasteiger partial charge in [-0.25, -0.2) is 4.99 Å². The smallest absolute Gasteiger partial charge is 0.416 e. The molecule has 0 amide bonds. The maximum Gasteiger partial charge on any atom is 0.416 e. The lowest BCUT2D eigenvalue weighted by molar-refractivity contribution is -0.138. The molecule has 21 heavy (non-hydrogen) atoms. The lowest BCUT2D eigenvalue weighted by atomic mass is 10.1. The van der Waals surface area contributed by atoms with Crippen LogP contribution in [0.4, 0.5) is 13.2 Å². The number of nitrogens with two attached hydrogens (primary N) is 1. The third-order valence-corrected chi connectivity index (χ3v) is 3.49. The Labute approximate surface area is 121 Å². The maximum atomic E-state index is 13.0. The molecule has 0 atom stereocenters. The molecule has 7 heteroatoms. The number of hydrogen-bond acceptors (Lipinski definition) is 2. The normalized spacial score (nSPS) is 16.0. The lowest BCUT2D eigenvalue weighted by Gasteiger charge is -2.18. The zero-order valence-corrected chi connectivity index (χ0v) is 11.9. The van der Waals surface area contributed by atoms with Crippen molar-refractivity contribution in [1.82, 2.24) is 4.90 Å². The van der Waals surface area contributed by atoms with E-state index in [1.54, 1.807) is 11.9 Å². The Balaban J connectivity index is 2.20. The second kappa shape index (κ2) is 5.83.